The molecule has 6 heteroatoms. The van der Waals surface area contributed by atoms with Crippen LogP contribution in [-0.4, -0.2) is 40.6 Å². The number of ether oxygens (including phenoxy) is 2. The van der Waals surface area contributed by atoms with Gasteiger partial charge in [0.15, 0.2) is 5.78 Å². The van der Waals surface area contributed by atoms with Crippen molar-refractivity contribution in [3.05, 3.63) is 35.4 Å². The second-order valence-corrected chi connectivity index (χ2v) is 8.36. The van der Waals surface area contributed by atoms with E-state index in [0.29, 0.717) is 5.56 Å². The minimum Gasteiger partial charge on any atom is -0.463 e. The third-order valence-electron chi connectivity index (χ3n) is 4.94. The van der Waals surface area contributed by atoms with Crippen LogP contribution in [-0.2, 0) is 23.9 Å². The molecule has 0 amide bonds. The van der Waals surface area contributed by atoms with Crippen LogP contribution in [0.25, 0.3) is 0 Å². The van der Waals surface area contributed by atoms with Gasteiger partial charge in [-0.05, 0) is 47.1 Å². The lowest BCUT2D eigenvalue weighted by atomic mass is 9.61. The number of esters is 2. The largest absolute Gasteiger partial charge is 0.463 e. The molecule has 0 aliphatic heterocycles. The van der Waals surface area contributed by atoms with E-state index in [0.717, 1.165) is 5.56 Å². The van der Waals surface area contributed by atoms with E-state index in [9.17, 15) is 19.5 Å². The number of hydrogen-bond donors (Lipinski definition) is 1. The standard InChI is InChI=1S/C22H30O6/c1-12(2)27-20(24)18-16(23)11-22(6,26)19(21(25)28-13(3)4)17(18)15-9-7-14(5)8-10-15/h7-10,12-13,17-19,26H,11H2,1-6H3/t17-,18-,19-,22-/m1/s1. The molecule has 0 aromatic heterocycles. The second-order valence-electron chi connectivity index (χ2n) is 8.36. The lowest BCUT2D eigenvalue weighted by Crippen LogP contribution is -2.55. The number of aryl methyl sites for hydroxylation is 1. The highest BCUT2D eigenvalue weighted by atomic mass is 16.5. The highest BCUT2D eigenvalue weighted by Crippen LogP contribution is 2.47. The van der Waals surface area contributed by atoms with Crippen molar-refractivity contribution in [1.82, 2.24) is 0 Å². The number of Topliss-reactive ketones (excluding diaryl/α,β-unsaturated/α-hetero) is 1. The zero-order chi connectivity index (χ0) is 21.2. The van der Waals surface area contributed by atoms with Gasteiger partial charge in [0.25, 0.3) is 0 Å². The summed E-state index contributed by atoms with van der Waals surface area (Å²) in [6, 6.07) is 7.25. The van der Waals surface area contributed by atoms with Crippen molar-refractivity contribution in [2.75, 3.05) is 0 Å². The van der Waals surface area contributed by atoms with Crippen LogP contribution in [0.5, 0.6) is 0 Å². The smallest absolute Gasteiger partial charge is 0.317 e. The van der Waals surface area contributed by atoms with E-state index in [1.54, 1.807) is 39.8 Å². The van der Waals surface area contributed by atoms with Crippen molar-refractivity contribution in [3.8, 4) is 0 Å². The molecule has 0 saturated heterocycles. The van der Waals surface area contributed by atoms with Gasteiger partial charge in [-0.15, -0.1) is 0 Å². The number of benzene rings is 1. The number of rotatable bonds is 5. The Morgan fingerprint density at radius 1 is 1.04 bits per heavy atom. The lowest BCUT2D eigenvalue weighted by Gasteiger charge is -2.44. The molecule has 4 atom stereocenters. The Morgan fingerprint density at radius 2 is 1.54 bits per heavy atom. The zero-order valence-electron chi connectivity index (χ0n) is 17.4. The van der Waals surface area contributed by atoms with E-state index in [4.69, 9.17) is 9.47 Å². The van der Waals surface area contributed by atoms with Crippen LogP contribution in [0.15, 0.2) is 24.3 Å². The maximum absolute atomic E-state index is 12.9. The van der Waals surface area contributed by atoms with Gasteiger partial charge in [0.1, 0.15) is 5.92 Å². The molecule has 1 saturated carbocycles. The van der Waals surface area contributed by atoms with Crippen molar-refractivity contribution in [2.45, 2.75) is 71.7 Å². The van der Waals surface area contributed by atoms with Crippen LogP contribution in [0.1, 0.15) is 58.1 Å². The molecule has 0 heterocycles. The van der Waals surface area contributed by atoms with Crippen molar-refractivity contribution >= 4 is 17.7 Å². The highest BCUT2D eigenvalue weighted by Gasteiger charge is 2.57. The first-order chi connectivity index (χ1) is 12.9. The Balaban J connectivity index is 2.59. The number of carbonyl (C=O) groups excluding carboxylic acids is 3. The predicted molar refractivity (Wildman–Crippen MR) is 104 cm³/mol. The molecule has 1 aromatic carbocycles. The lowest BCUT2D eigenvalue weighted by molar-refractivity contribution is -0.176. The maximum Gasteiger partial charge on any atom is 0.317 e. The molecular formula is C22H30O6. The van der Waals surface area contributed by atoms with Crippen molar-refractivity contribution in [3.63, 3.8) is 0 Å². The summed E-state index contributed by atoms with van der Waals surface area (Å²) < 4.78 is 10.7. The topological polar surface area (TPSA) is 89.9 Å². The molecule has 0 spiro atoms. The van der Waals surface area contributed by atoms with Crippen molar-refractivity contribution in [1.29, 1.82) is 0 Å². The first kappa shape index (κ1) is 22.1. The van der Waals surface area contributed by atoms with Gasteiger partial charge in [0, 0.05) is 12.3 Å². The Kier molecular flexibility index (Phi) is 6.65. The van der Waals surface area contributed by atoms with Crippen LogP contribution in [0, 0.1) is 18.8 Å². The van der Waals surface area contributed by atoms with Gasteiger partial charge in [0.2, 0.25) is 0 Å². The second kappa shape index (κ2) is 8.43. The van der Waals surface area contributed by atoms with Gasteiger partial charge in [-0.2, -0.15) is 0 Å². The predicted octanol–water partition coefficient (Wildman–Crippen LogP) is 2.94. The summed E-state index contributed by atoms with van der Waals surface area (Å²) in [6.45, 7) is 10.2. The van der Waals surface area contributed by atoms with Crippen LogP contribution in [0.2, 0.25) is 0 Å². The molecule has 1 aromatic rings. The Bertz CT molecular complexity index is 724. The van der Waals surface area contributed by atoms with E-state index < -0.39 is 47.2 Å². The number of carbonyl (C=O) groups is 3. The molecule has 28 heavy (non-hydrogen) atoms. The number of ketones is 1. The fraction of sp³-hybridized carbons (Fsp3) is 0.591. The van der Waals surface area contributed by atoms with E-state index in [2.05, 4.69) is 0 Å². The molecule has 1 N–H and O–H groups in total. The molecule has 1 aliphatic carbocycles. The molecule has 0 unspecified atom stereocenters. The SMILES string of the molecule is Cc1ccc([C@@H]2[C@H](C(=O)OC(C)C)C(=O)C[C@@](C)(O)[C@H]2C(=O)OC(C)C)cc1. The van der Waals surface area contributed by atoms with Crippen LogP contribution in [0.3, 0.4) is 0 Å². The molecule has 2 rings (SSSR count). The minimum atomic E-state index is -1.63. The average Bonchev–Trinajstić information content (AvgIpc) is 2.52. The summed E-state index contributed by atoms with van der Waals surface area (Å²) in [5.41, 5.74) is -0.0108. The molecule has 1 fully saturated rings. The highest BCUT2D eigenvalue weighted by molar-refractivity contribution is 6.02. The molecule has 0 bridgehead atoms. The van der Waals surface area contributed by atoms with Crippen molar-refractivity contribution in [2.24, 2.45) is 11.8 Å². The van der Waals surface area contributed by atoms with Gasteiger partial charge in [-0.1, -0.05) is 29.8 Å². The molecular weight excluding hydrogens is 360 g/mol. The third-order valence-corrected chi connectivity index (χ3v) is 4.94. The third kappa shape index (κ3) is 4.79. The molecule has 154 valence electrons. The Labute approximate surface area is 166 Å². The van der Waals surface area contributed by atoms with Crippen LogP contribution in [0.4, 0.5) is 0 Å². The van der Waals surface area contributed by atoms with Gasteiger partial charge < -0.3 is 14.6 Å². The summed E-state index contributed by atoms with van der Waals surface area (Å²) in [5, 5.41) is 11.0. The summed E-state index contributed by atoms with van der Waals surface area (Å²) in [7, 11) is 0. The quantitative estimate of drug-likeness (QED) is 0.614. The number of aliphatic hydroxyl groups is 1. The van der Waals surface area contributed by atoms with E-state index in [-0.39, 0.29) is 12.5 Å². The fourth-order valence-corrected chi connectivity index (χ4v) is 3.82. The Hall–Kier alpha value is -2.21. The monoisotopic (exact) mass is 390 g/mol. The summed E-state index contributed by atoms with van der Waals surface area (Å²) >= 11 is 0. The Morgan fingerprint density at radius 3 is 2.04 bits per heavy atom. The zero-order valence-corrected chi connectivity index (χ0v) is 17.4. The van der Waals surface area contributed by atoms with Gasteiger partial charge >= 0.3 is 11.9 Å². The summed E-state index contributed by atoms with van der Waals surface area (Å²) in [6.07, 6.45) is -1.10. The fourth-order valence-electron chi connectivity index (χ4n) is 3.82. The average molecular weight is 390 g/mol. The van der Waals surface area contributed by atoms with Gasteiger partial charge in [-0.3, -0.25) is 14.4 Å². The maximum atomic E-state index is 12.9. The van der Waals surface area contributed by atoms with Gasteiger partial charge in [0.05, 0.1) is 23.7 Å². The molecule has 1 aliphatic rings. The van der Waals surface area contributed by atoms with Gasteiger partial charge in [-0.25, -0.2) is 0 Å². The number of hydrogen-bond acceptors (Lipinski definition) is 6. The first-order valence-electron chi connectivity index (χ1n) is 9.66. The normalized spacial score (nSPS) is 27.8. The summed E-state index contributed by atoms with van der Waals surface area (Å²) in [4.78, 5) is 38.6. The first-order valence-corrected chi connectivity index (χ1v) is 9.66. The minimum absolute atomic E-state index is 0.314. The van der Waals surface area contributed by atoms with Crippen molar-refractivity contribution < 1.29 is 29.0 Å². The summed E-state index contributed by atoms with van der Waals surface area (Å²) in [5.74, 6) is -4.84. The van der Waals surface area contributed by atoms with Crippen LogP contribution < -0.4 is 0 Å². The molecule has 0 radical (unpaired) electrons. The van der Waals surface area contributed by atoms with E-state index in [1.807, 2.05) is 19.1 Å². The molecule has 6 nitrogen and oxygen atoms in total. The van der Waals surface area contributed by atoms with Crippen LogP contribution >= 0.6 is 0 Å². The van der Waals surface area contributed by atoms with E-state index >= 15 is 0 Å². The van der Waals surface area contributed by atoms with E-state index in [1.165, 1.54) is 6.92 Å².